The third-order valence-electron chi connectivity index (χ3n) is 5.60. The summed E-state index contributed by atoms with van der Waals surface area (Å²) in [4.78, 5) is 29.9. The molecule has 0 atom stereocenters. The maximum Gasteiger partial charge on any atom is 0.275 e. The number of nitrogens with zero attached hydrogens (tertiary/aromatic N) is 4. The Kier molecular flexibility index (Phi) is 6.16. The molecular formula is C23H25ClN4O2. The lowest BCUT2D eigenvalue weighted by atomic mass is 10.1. The summed E-state index contributed by atoms with van der Waals surface area (Å²) in [5.41, 5.74) is 1.74. The van der Waals surface area contributed by atoms with Crippen molar-refractivity contribution in [3.8, 4) is 0 Å². The minimum absolute atomic E-state index is 0.0261. The molecule has 1 saturated heterocycles. The van der Waals surface area contributed by atoms with Crippen molar-refractivity contribution < 1.29 is 4.79 Å². The number of rotatable bonds is 4. The van der Waals surface area contributed by atoms with E-state index in [2.05, 4.69) is 10.00 Å². The number of hydrogen-bond acceptors (Lipinski definition) is 4. The van der Waals surface area contributed by atoms with Crippen molar-refractivity contribution in [2.75, 3.05) is 26.2 Å². The van der Waals surface area contributed by atoms with Crippen LogP contribution < -0.4 is 5.56 Å². The Balaban J connectivity index is 1.42. The average molecular weight is 425 g/mol. The number of aromatic nitrogens is 2. The summed E-state index contributed by atoms with van der Waals surface area (Å²) in [6, 6.07) is 15.3. The Morgan fingerprint density at radius 2 is 1.73 bits per heavy atom. The van der Waals surface area contributed by atoms with E-state index in [9.17, 15) is 9.59 Å². The predicted octanol–water partition coefficient (Wildman–Crippen LogP) is 3.09. The van der Waals surface area contributed by atoms with Gasteiger partial charge in [0, 0.05) is 43.1 Å². The zero-order chi connectivity index (χ0) is 21.1. The van der Waals surface area contributed by atoms with Crippen LogP contribution >= 0.6 is 11.6 Å². The van der Waals surface area contributed by atoms with Crippen LogP contribution in [0.5, 0.6) is 0 Å². The molecular weight excluding hydrogens is 400 g/mol. The fourth-order valence-electron chi connectivity index (χ4n) is 3.97. The van der Waals surface area contributed by atoms with Gasteiger partial charge in [0.25, 0.3) is 5.56 Å². The summed E-state index contributed by atoms with van der Waals surface area (Å²) in [6.07, 6.45) is 0.901. The standard InChI is InChI=1S/C23H25ClN4O2/c1-17-20-5-2-3-6-21(20)23(30)28(25-17)16-22(29)27-12-4-11-26(13-14-27)15-18-7-9-19(24)10-8-18/h2-3,5-10H,4,11-16H2,1H3. The highest BCUT2D eigenvalue weighted by molar-refractivity contribution is 6.30. The first-order chi connectivity index (χ1) is 14.5. The van der Waals surface area contributed by atoms with E-state index in [1.165, 1.54) is 10.2 Å². The number of halogens is 1. The van der Waals surface area contributed by atoms with Crippen molar-refractivity contribution in [1.29, 1.82) is 0 Å². The van der Waals surface area contributed by atoms with Gasteiger partial charge in [-0.2, -0.15) is 5.10 Å². The third kappa shape index (κ3) is 4.55. The molecule has 2 aromatic carbocycles. The normalized spacial score (nSPS) is 15.3. The van der Waals surface area contributed by atoms with Gasteiger partial charge in [-0.25, -0.2) is 4.68 Å². The van der Waals surface area contributed by atoms with Gasteiger partial charge in [-0.1, -0.05) is 41.9 Å². The Bertz CT molecular complexity index is 1110. The Morgan fingerprint density at radius 1 is 1.00 bits per heavy atom. The monoisotopic (exact) mass is 424 g/mol. The van der Waals surface area contributed by atoms with Crippen molar-refractivity contribution in [2.45, 2.75) is 26.4 Å². The zero-order valence-electron chi connectivity index (χ0n) is 17.1. The lowest BCUT2D eigenvalue weighted by Crippen LogP contribution is -2.39. The highest BCUT2D eigenvalue weighted by atomic mass is 35.5. The molecule has 0 unspecified atom stereocenters. The van der Waals surface area contributed by atoms with Crippen LogP contribution in [0.4, 0.5) is 0 Å². The Morgan fingerprint density at radius 3 is 2.50 bits per heavy atom. The van der Waals surface area contributed by atoms with Gasteiger partial charge in [0.05, 0.1) is 11.1 Å². The molecule has 0 radical (unpaired) electrons. The van der Waals surface area contributed by atoms with Gasteiger partial charge in [0.2, 0.25) is 5.91 Å². The van der Waals surface area contributed by atoms with Gasteiger partial charge in [-0.05, 0) is 37.1 Å². The number of hydrogen-bond donors (Lipinski definition) is 0. The van der Waals surface area contributed by atoms with Gasteiger partial charge in [-0.15, -0.1) is 0 Å². The number of benzene rings is 2. The van der Waals surface area contributed by atoms with Crippen LogP contribution in [0.15, 0.2) is 53.3 Å². The lowest BCUT2D eigenvalue weighted by Gasteiger charge is -2.22. The van der Waals surface area contributed by atoms with Crippen molar-refractivity contribution in [3.63, 3.8) is 0 Å². The molecule has 2 heterocycles. The van der Waals surface area contributed by atoms with Crippen LogP contribution in [0.2, 0.25) is 5.02 Å². The lowest BCUT2D eigenvalue weighted by molar-refractivity contribution is -0.132. The molecule has 6 nitrogen and oxygen atoms in total. The topological polar surface area (TPSA) is 58.4 Å². The average Bonchev–Trinajstić information content (AvgIpc) is 2.99. The van der Waals surface area contributed by atoms with Crippen molar-refractivity contribution in [1.82, 2.24) is 19.6 Å². The number of carbonyl (C=O) groups excluding carboxylic acids is 1. The molecule has 156 valence electrons. The van der Waals surface area contributed by atoms with E-state index in [-0.39, 0.29) is 18.0 Å². The molecule has 7 heteroatoms. The van der Waals surface area contributed by atoms with Gasteiger partial charge in [0.15, 0.2) is 0 Å². The third-order valence-corrected chi connectivity index (χ3v) is 5.85. The van der Waals surface area contributed by atoms with Gasteiger partial charge >= 0.3 is 0 Å². The van der Waals surface area contributed by atoms with E-state index >= 15 is 0 Å². The number of carbonyl (C=O) groups is 1. The summed E-state index contributed by atoms with van der Waals surface area (Å²) < 4.78 is 1.30. The van der Waals surface area contributed by atoms with Crippen LogP contribution in [0.1, 0.15) is 17.7 Å². The second kappa shape index (κ2) is 8.98. The summed E-state index contributed by atoms with van der Waals surface area (Å²) in [7, 11) is 0. The first-order valence-electron chi connectivity index (χ1n) is 10.2. The Hall–Kier alpha value is -2.70. The maximum atomic E-state index is 12.9. The molecule has 0 aliphatic carbocycles. The second-order valence-electron chi connectivity index (χ2n) is 7.73. The SMILES string of the molecule is Cc1nn(CC(=O)N2CCCN(Cc3ccc(Cl)cc3)CC2)c(=O)c2ccccc12. The Labute approximate surface area is 180 Å². The molecule has 1 fully saturated rings. The van der Waals surface area contributed by atoms with E-state index in [0.717, 1.165) is 42.2 Å². The smallest absolute Gasteiger partial charge is 0.275 e. The molecule has 1 aromatic heterocycles. The summed E-state index contributed by atoms with van der Waals surface area (Å²) in [5.74, 6) is -0.0624. The quantitative estimate of drug-likeness (QED) is 0.645. The van der Waals surface area contributed by atoms with E-state index in [1.807, 2.05) is 54.3 Å². The van der Waals surface area contributed by atoms with Crippen molar-refractivity contribution in [2.24, 2.45) is 0 Å². The van der Waals surface area contributed by atoms with Crippen molar-refractivity contribution >= 4 is 28.3 Å². The first-order valence-corrected chi connectivity index (χ1v) is 10.6. The number of aryl methyl sites for hydroxylation is 1. The number of amides is 1. The maximum absolute atomic E-state index is 12.9. The second-order valence-corrected chi connectivity index (χ2v) is 8.17. The molecule has 1 aliphatic heterocycles. The van der Waals surface area contributed by atoms with Crippen LogP contribution in [0.3, 0.4) is 0 Å². The van der Waals surface area contributed by atoms with Crippen LogP contribution in [-0.4, -0.2) is 51.7 Å². The molecule has 1 aliphatic rings. The largest absolute Gasteiger partial charge is 0.340 e. The highest BCUT2D eigenvalue weighted by Crippen LogP contribution is 2.14. The van der Waals surface area contributed by atoms with Crippen LogP contribution in [0.25, 0.3) is 10.8 Å². The van der Waals surface area contributed by atoms with Crippen LogP contribution in [0, 0.1) is 6.92 Å². The molecule has 0 spiro atoms. The van der Waals surface area contributed by atoms with Gasteiger partial charge < -0.3 is 4.90 Å². The summed E-state index contributed by atoms with van der Waals surface area (Å²) in [6.45, 7) is 5.74. The minimum Gasteiger partial charge on any atom is -0.340 e. The molecule has 30 heavy (non-hydrogen) atoms. The van der Waals surface area contributed by atoms with E-state index < -0.39 is 0 Å². The van der Waals surface area contributed by atoms with E-state index in [0.29, 0.717) is 18.5 Å². The van der Waals surface area contributed by atoms with Crippen LogP contribution in [-0.2, 0) is 17.9 Å². The molecule has 0 bridgehead atoms. The highest BCUT2D eigenvalue weighted by Gasteiger charge is 2.21. The predicted molar refractivity (Wildman–Crippen MR) is 119 cm³/mol. The van der Waals surface area contributed by atoms with Gasteiger partial charge in [0.1, 0.15) is 6.54 Å². The molecule has 1 amide bonds. The molecule has 0 saturated carbocycles. The molecule has 3 aromatic rings. The van der Waals surface area contributed by atoms with E-state index in [1.54, 1.807) is 6.07 Å². The number of fused-ring (bicyclic) bond motifs is 1. The minimum atomic E-state index is -0.219. The summed E-state index contributed by atoms with van der Waals surface area (Å²) in [5, 5.41) is 6.54. The summed E-state index contributed by atoms with van der Waals surface area (Å²) >= 11 is 5.97. The van der Waals surface area contributed by atoms with Gasteiger partial charge in [-0.3, -0.25) is 14.5 Å². The fraction of sp³-hybridized carbons (Fsp3) is 0.348. The van der Waals surface area contributed by atoms with E-state index in [4.69, 9.17) is 11.6 Å². The molecule has 0 N–H and O–H groups in total. The zero-order valence-corrected chi connectivity index (χ0v) is 17.8. The molecule has 4 rings (SSSR count). The fourth-order valence-corrected chi connectivity index (χ4v) is 4.09. The first kappa shape index (κ1) is 20.6. The van der Waals surface area contributed by atoms with Crippen molar-refractivity contribution in [3.05, 3.63) is 75.2 Å².